The van der Waals surface area contributed by atoms with E-state index in [9.17, 15) is 0 Å². The van der Waals surface area contributed by atoms with Gasteiger partial charge in [0.15, 0.2) is 17.5 Å². The number of fused-ring (bicyclic) bond motifs is 6. The van der Waals surface area contributed by atoms with Crippen molar-refractivity contribution in [3.05, 3.63) is 217 Å². The van der Waals surface area contributed by atoms with Gasteiger partial charge in [-0.15, -0.1) is 11.3 Å². The number of nitrogens with zero attached hydrogens (tertiary/aromatic N) is 4. The molecule has 0 amide bonds. The molecule has 64 heavy (non-hydrogen) atoms. The van der Waals surface area contributed by atoms with Crippen LogP contribution in [0.15, 0.2) is 206 Å². The highest BCUT2D eigenvalue weighted by molar-refractivity contribution is 7.26. The average molecular weight is 837 g/mol. The number of hydrogen-bond acceptors (Lipinski definition) is 4. The van der Waals surface area contributed by atoms with Gasteiger partial charge in [-0.3, -0.25) is 0 Å². The van der Waals surface area contributed by atoms with Gasteiger partial charge in [-0.05, 0) is 119 Å². The first kappa shape index (κ1) is 37.7. The quantitative estimate of drug-likeness (QED) is 0.161. The Bertz CT molecular complexity index is 3680. The molecular formula is C59H40N4S. The minimum absolute atomic E-state index is 0.657. The molecule has 0 unspecified atom stereocenters. The molecule has 3 heterocycles. The topological polar surface area (TPSA) is 43.6 Å². The number of thiophene rings is 1. The summed E-state index contributed by atoms with van der Waals surface area (Å²) in [6.07, 6.45) is 0. The molecule has 0 bridgehead atoms. The lowest BCUT2D eigenvalue weighted by Crippen LogP contribution is -2.00. The van der Waals surface area contributed by atoms with Crippen molar-refractivity contribution in [1.29, 1.82) is 0 Å². The molecule has 0 spiro atoms. The van der Waals surface area contributed by atoms with E-state index in [1.165, 1.54) is 86.8 Å². The van der Waals surface area contributed by atoms with Crippen LogP contribution in [0.3, 0.4) is 0 Å². The Labute approximate surface area is 375 Å². The van der Waals surface area contributed by atoms with E-state index >= 15 is 0 Å². The Hall–Kier alpha value is -7.99. The van der Waals surface area contributed by atoms with Gasteiger partial charge in [0.05, 0.1) is 11.0 Å². The van der Waals surface area contributed by atoms with Crippen LogP contribution >= 0.6 is 11.3 Å². The molecule has 4 nitrogen and oxygen atoms in total. The van der Waals surface area contributed by atoms with Crippen LogP contribution in [0.1, 0.15) is 11.1 Å². The van der Waals surface area contributed by atoms with E-state index in [1.807, 2.05) is 47.7 Å². The maximum absolute atomic E-state index is 5.13. The first-order valence-corrected chi connectivity index (χ1v) is 22.5. The van der Waals surface area contributed by atoms with Crippen molar-refractivity contribution in [1.82, 2.24) is 19.5 Å². The van der Waals surface area contributed by atoms with Crippen molar-refractivity contribution >= 4 is 53.3 Å². The third-order valence-electron chi connectivity index (χ3n) is 12.6. The van der Waals surface area contributed by atoms with Gasteiger partial charge in [-0.1, -0.05) is 146 Å². The molecule has 0 saturated heterocycles. The number of rotatable bonds is 7. The van der Waals surface area contributed by atoms with E-state index in [4.69, 9.17) is 15.0 Å². The largest absolute Gasteiger partial charge is 0.309 e. The molecule has 0 radical (unpaired) electrons. The Morgan fingerprint density at radius 3 is 1.52 bits per heavy atom. The fourth-order valence-corrected chi connectivity index (χ4v) is 10.4. The van der Waals surface area contributed by atoms with Gasteiger partial charge in [0, 0.05) is 53.3 Å². The lowest BCUT2D eigenvalue weighted by Gasteiger charge is -2.15. The summed E-state index contributed by atoms with van der Waals surface area (Å²) >= 11 is 1.81. The minimum atomic E-state index is 0.657. The zero-order valence-corrected chi connectivity index (χ0v) is 36.1. The van der Waals surface area contributed by atoms with E-state index in [2.05, 4.69) is 188 Å². The van der Waals surface area contributed by atoms with Crippen molar-refractivity contribution in [3.8, 4) is 73.2 Å². The zero-order valence-electron chi connectivity index (χ0n) is 35.3. The molecule has 0 N–H and O–H groups in total. The molecular weight excluding hydrogens is 797 g/mol. The summed E-state index contributed by atoms with van der Waals surface area (Å²) in [5.74, 6) is 1.98. The standard InChI is InChI=1S/C59H40N4S/c1-37-25-27-41(43-29-31-53-50(35-43)46-21-12-13-23-52(46)63(53)45-19-10-5-11-20-45)33-48(37)49-34-42(28-26-38(49)2)44-30-32-54-51(36-44)56-47(22-14-24-55(56)64-54)59-61-57(39-15-6-3-7-16-39)60-58(62-59)40-17-8-4-9-18-40/h3-36H,1-2H3. The van der Waals surface area contributed by atoms with E-state index in [1.54, 1.807) is 0 Å². The normalized spacial score (nSPS) is 11.6. The Balaban J connectivity index is 0.956. The van der Waals surface area contributed by atoms with Gasteiger partial charge in [0.1, 0.15) is 0 Å². The second-order valence-electron chi connectivity index (χ2n) is 16.5. The predicted octanol–water partition coefficient (Wildman–Crippen LogP) is 16.0. The van der Waals surface area contributed by atoms with Crippen molar-refractivity contribution in [2.75, 3.05) is 0 Å². The zero-order chi connectivity index (χ0) is 42.7. The number of aromatic nitrogens is 4. The van der Waals surface area contributed by atoms with Crippen LogP contribution < -0.4 is 0 Å². The molecule has 9 aromatic carbocycles. The lowest BCUT2D eigenvalue weighted by atomic mass is 9.90. The number of benzene rings is 9. The summed E-state index contributed by atoms with van der Waals surface area (Å²) in [6.45, 7) is 4.44. The van der Waals surface area contributed by atoms with E-state index in [-0.39, 0.29) is 0 Å². The van der Waals surface area contributed by atoms with Crippen LogP contribution in [-0.4, -0.2) is 19.5 Å². The van der Waals surface area contributed by atoms with Crippen LogP contribution in [0.2, 0.25) is 0 Å². The SMILES string of the molecule is Cc1ccc(-c2ccc3sc4cccc(-c5nc(-c6ccccc6)nc(-c6ccccc6)n5)c4c3c2)cc1-c1cc(-c2ccc3c(c2)c2ccccc2n3-c2ccccc2)ccc1C. The van der Waals surface area contributed by atoms with Gasteiger partial charge >= 0.3 is 0 Å². The average Bonchev–Trinajstić information content (AvgIpc) is 3.90. The molecule has 0 aliphatic carbocycles. The molecule has 0 saturated carbocycles. The molecule has 0 aliphatic heterocycles. The van der Waals surface area contributed by atoms with E-state index in [0.29, 0.717) is 17.5 Å². The highest BCUT2D eigenvalue weighted by atomic mass is 32.1. The summed E-state index contributed by atoms with van der Waals surface area (Å²) in [4.78, 5) is 15.2. The van der Waals surface area contributed by atoms with Crippen LogP contribution in [-0.2, 0) is 0 Å². The molecule has 302 valence electrons. The maximum Gasteiger partial charge on any atom is 0.164 e. The van der Waals surface area contributed by atoms with Crippen molar-refractivity contribution < 1.29 is 0 Å². The molecule has 3 aromatic heterocycles. The van der Waals surface area contributed by atoms with Gasteiger partial charge in [-0.25, -0.2) is 15.0 Å². The fourth-order valence-electron chi connectivity index (χ4n) is 9.31. The molecule has 0 fully saturated rings. The first-order valence-electron chi connectivity index (χ1n) is 21.7. The maximum atomic E-state index is 5.13. The molecule has 12 rings (SSSR count). The number of aryl methyl sites for hydroxylation is 2. The van der Waals surface area contributed by atoms with E-state index < -0.39 is 0 Å². The first-order chi connectivity index (χ1) is 31.5. The van der Waals surface area contributed by atoms with Gasteiger partial charge in [0.25, 0.3) is 0 Å². The van der Waals surface area contributed by atoms with Crippen molar-refractivity contribution in [2.24, 2.45) is 0 Å². The summed E-state index contributed by atoms with van der Waals surface area (Å²) in [5, 5.41) is 4.86. The van der Waals surface area contributed by atoms with Gasteiger partial charge < -0.3 is 4.57 Å². The van der Waals surface area contributed by atoms with Crippen molar-refractivity contribution in [2.45, 2.75) is 13.8 Å². The van der Waals surface area contributed by atoms with Crippen molar-refractivity contribution in [3.63, 3.8) is 0 Å². The lowest BCUT2D eigenvalue weighted by molar-refractivity contribution is 1.08. The van der Waals surface area contributed by atoms with Gasteiger partial charge in [0.2, 0.25) is 0 Å². The molecule has 5 heteroatoms. The number of hydrogen-bond donors (Lipinski definition) is 0. The Morgan fingerprint density at radius 1 is 0.344 bits per heavy atom. The van der Waals surface area contributed by atoms with Gasteiger partial charge in [-0.2, -0.15) is 0 Å². The highest BCUT2D eigenvalue weighted by Crippen LogP contribution is 2.43. The van der Waals surface area contributed by atoms with Crippen LogP contribution in [0.4, 0.5) is 0 Å². The van der Waals surface area contributed by atoms with Crippen LogP contribution in [0, 0.1) is 13.8 Å². The predicted molar refractivity (Wildman–Crippen MR) is 269 cm³/mol. The van der Waals surface area contributed by atoms with Crippen LogP contribution in [0.25, 0.3) is 115 Å². The summed E-state index contributed by atoms with van der Waals surface area (Å²) < 4.78 is 4.80. The second-order valence-corrected chi connectivity index (χ2v) is 17.6. The molecule has 12 aromatic rings. The van der Waals surface area contributed by atoms with Crippen LogP contribution in [0.5, 0.6) is 0 Å². The second kappa shape index (κ2) is 15.4. The third kappa shape index (κ3) is 6.48. The molecule has 0 atom stereocenters. The molecule has 0 aliphatic rings. The Morgan fingerprint density at radius 2 is 0.859 bits per heavy atom. The van der Waals surface area contributed by atoms with E-state index in [0.717, 1.165) is 22.1 Å². The smallest absolute Gasteiger partial charge is 0.164 e. The monoisotopic (exact) mass is 836 g/mol. The summed E-state index contributed by atoms with van der Waals surface area (Å²) in [7, 11) is 0. The summed E-state index contributed by atoms with van der Waals surface area (Å²) in [5.41, 5.74) is 16.2. The number of para-hydroxylation sites is 2. The highest BCUT2D eigenvalue weighted by Gasteiger charge is 2.19. The minimum Gasteiger partial charge on any atom is -0.309 e. The summed E-state index contributed by atoms with van der Waals surface area (Å²) in [6, 6.07) is 73.8. The fraction of sp³-hybridized carbons (Fsp3) is 0.0339. The Kier molecular flexibility index (Phi) is 9.09. The third-order valence-corrected chi connectivity index (χ3v) is 13.7.